The summed E-state index contributed by atoms with van der Waals surface area (Å²) in [7, 11) is 0. The summed E-state index contributed by atoms with van der Waals surface area (Å²) < 4.78 is 0. The number of hydrogen-bond acceptors (Lipinski definition) is 3. The summed E-state index contributed by atoms with van der Waals surface area (Å²) >= 11 is 8.19. The van der Waals surface area contributed by atoms with Crippen molar-refractivity contribution in [2.75, 3.05) is 18.1 Å². The van der Waals surface area contributed by atoms with Gasteiger partial charge in [-0.2, -0.15) is 11.8 Å². The topological polar surface area (TPSA) is 40.7 Å². The monoisotopic (exact) mass is 287 g/mol. The molecule has 1 fully saturated rings. The molecule has 0 saturated carbocycles. The van der Waals surface area contributed by atoms with E-state index in [1.165, 1.54) is 24.3 Å². The lowest BCUT2D eigenvalue weighted by Crippen LogP contribution is -2.22. The predicted octanol–water partition coefficient (Wildman–Crippen LogP) is 3.25. The summed E-state index contributed by atoms with van der Waals surface area (Å²) in [5.74, 6) is 4.47. The third-order valence-electron chi connectivity index (χ3n) is 3.30. The normalized spacial score (nSPS) is 19.6. The third kappa shape index (κ3) is 4.18. The minimum atomic E-state index is 0.634. The van der Waals surface area contributed by atoms with Crippen molar-refractivity contribution in [3.05, 3.63) is 16.7 Å². The van der Waals surface area contributed by atoms with Crippen LogP contribution in [-0.4, -0.2) is 28.0 Å². The highest BCUT2D eigenvalue weighted by Gasteiger charge is 2.15. The van der Waals surface area contributed by atoms with Gasteiger partial charge in [-0.3, -0.25) is 0 Å². The van der Waals surface area contributed by atoms with E-state index in [1.807, 2.05) is 0 Å². The highest BCUT2D eigenvalue weighted by molar-refractivity contribution is 7.99. The highest BCUT2D eigenvalue weighted by atomic mass is 35.5. The van der Waals surface area contributed by atoms with Gasteiger partial charge in [-0.1, -0.05) is 24.9 Å². The van der Waals surface area contributed by atoms with Gasteiger partial charge in [-0.05, 0) is 36.8 Å². The van der Waals surface area contributed by atoms with E-state index in [2.05, 4.69) is 34.0 Å². The molecule has 0 aliphatic carbocycles. The van der Waals surface area contributed by atoms with Gasteiger partial charge in [0.25, 0.3) is 0 Å². The lowest BCUT2D eigenvalue weighted by molar-refractivity contribution is 0.520. The van der Waals surface area contributed by atoms with Crippen molar-refractivity contribution in [2.45, 2.75) is 39.2 Å². The molecule has 1 aromatic rings. The van der Waals surface area contributed by atoms with Gasteiger partial charge < -0.3 is 10.3 Å². The average molecular weight is 288 g/mol. The zero-order valence-electron chi connectivity index (χ0n) is 11.0. The van der Waals surface area contributed by atoms with Crippen molar-refractivity contribution in [3.8, 4) is 0 Å². The highest BCUT2D eigenvalue weighted by Crippen LogP contribution is 2.22. The maximum Gasteiger partial charge on any atom is 0.151 e. The van der Waals surface area contributed by atoms with Gasteiger partial charge in [0.1, 0.15) is 5.82 Å². The fraction of sp³-hybridized carbons (Fsp3) is 0.769. The molecular weight excluding hydrogens is 266 g/mol. The summed E-state index contributed by atoms with van der Waals surface area (Å²) in [5, 5.41) is 4.12. The first-order valence-corrected chi connectivity index (χ1v) is 8.34. The Morgan fingerprint density at radius 2 is 2.44 bits per heavy atom. The van der Waals surface area contributed by atoms with E-state index < -0.39 is 0 Å². The predicted molar refractivity (Wildman–Crippen MR) is 79.3 cm³/mol. The van der Waals surface area contributed by atoms with E-state index in [-0.39, 0.29) is 0 Å². The molecule has 18 heavy (non-hydrogen) atoms. The second-order valence-electron chi connectivity index (χ2n) is 4.92. The van der Waals surface area contributed by atoms with Crippen LogP contribution in [0.4, 0.5) is 0 Å². The zero-order valence-corrected chi connectivity index (χ0v) is 12.5. The Morgan fingerprint density at radius 1 is 1.56 bits per heavy atom. The maximum absolute atomic E-state index is 6.13. The molecule has 2 heterocycles. The summed E-state index contributed by atoms with van der Waals surface area (Å²) in [4.78, 5) is 7.70. The van der Waals surface area contributed by atoms with Crippen molar-refractivity contribution in [2.24, 2.45) is 5.92 Å². The first-order chi connectivity index (χ1) is 8.79. The number of aryl methyl sites for hydroxylation is 1. The van der Waals surface area contributed by atoms with Crippen LogP contribution in [0.25, 0.3) is 0 Å². The summed E-state index contributed by atoms with van der Waals surface area (Å²) in [6.45, 7) is 4.08. The summed E-state index contributed by atoms with van der Waals surface area (Å²) in [6, 6.07) is 0. The first-order valence-electron chi connectivity index (χ1n) is 6.81. The van der Waals surface area contributed by atoms with E-state index in [4.69, 9.17) is 11.6 Å². The molecule has 0 aromatic carbocycles. The summed E-state index contributed by atoms with van der Waals surface area (Å²) in [5.41, 5.74) is 1.04. The van der Waals surface area contributed by atoms with Gasteiger partial charge >= 0.3 is 0 Å². The van der Waals surface area contributed by atoms with E-state index >= 15 is 0 Å². The first kappa shape index (κ1) is 14.2. The van der Waals surface area contributed by atoms with Gasteiger partial charge in [0.15, 0.2) is 5.15 Å². The number of aromatic amines is 1. The number of H-pyrrole nitrogens is 1. The fourth-order valence-corrected chi connectivity index (χ4v) is 3.67. The van der Waals surface area contributed by atoms with Gasteiger partial charge in [-0.15, -0.1) is 0 Å². The van der Waals surface area contributed by atoms with Crippen LogP contribution in [0, 0.1) is 5.92 Å². The molecule has 102 valence electrons. The maximum atomic E-state index is 6.13. The molecule has 1 aliphatic rings. The smallest absolute Gasteiger partial charge is 0.151 e. The molecule has 1 aromatic heterocycles. The Morgan fingerprint density at radius 3 is 3.17 bits per heavy atom. The largest absolute Gasteiger partial charge is 0.344 e. The van der Waals surface area contributed by atoms with Crippen molar-refractivity contribution < 1.29 is 0 Å². The lowest BCUT2D eigenvalue weighted by Gasteiger charge is -2.08. The molecule has 0 amide bonds. The minimum Gasteiger partial charge on any atom is -0.344 e. The van der Waals surface area contributed by atoms with Gasteiger partial charge in [-0.25, -0.2) is 4.98 Å². The van der Waals surface area contributed by atoms with Gasteiger partial charge in [0, 0.05) is 13.0 Å². The van der Waals surface area contributed by atoms with Crippen molar-refractivity contribution in [1.29, 1.82) is 0 Å². The van der Waals surface area contributed by atoms with Crippen LogP contribution in [0.3, 0.4) is 0 Å². The lowest BCUT2D eigenvalue weighted by atomic mass is 10.1. The van der Waals surface area contributed by atoms with Gasteiger partial charge in [0.2, 0.25) is 0 Å². The Balaban J connectivity index is 1.75. The van der Waals surface area contributed by atoms with Crippen LogP contribution < -0.4 is 5.32 Å². The number of halogens is 1. The second-order valence-corrected chi connectivity index (χ2v) is 6.42. The Kier molecular flexibility index (Phi) is 5.86. The van der Waals surface area contributed by atoms with E-state index in [9.17, 15) is 0 Å². The van der Waals surface area contributed by atoms with Crippen LogP contribution in [0.2, 0.25) is 5.15 Å². The van der Waals surface area contributed by atoms with Crippen molar-refractivity contribution in [1.82, 2.24) is 15.3 Å². The number of unbranched alkanes of at least 4 members (excludes halogenated alkanes) is 1. The molecule has 3 nitrogen and oxygen atoms in total. The molecule has 5 heteroatoms. The number of nitrogens with one attached hydrogen (secondary N) is 2. The Labute approximate surface area is 118 Å². The number of rotatable bonds is 7. The second kappa shape index (κ2) is 7.41. The summed E-state index contributed by atoms with van der Waals surface area (Å²) in [6.07, 6.45) is 4.69. The zero-order chi connectivity index (χ0) is 12.8. The number of aromatic nitrogens is 2. The average Bonchev–Trinajstić information content (AvgIpc) is 2.98. The van der Waals surface area contributed by atoms with Crippen LogP contribution in [0.5, 0.6) is 0 Å². The van der Waals surface area contributed by atoms with E-state index in [0.717, 1.165) is 43.4 Å². The SMILES string of the molecule is CCCCc1nc(Cl)c(CNCC2CCSC2)[nH]1. The Bertz CT molecular complexity index is 361. The van der Waals surface area contributed by atoms with E-state index in [0.29, 0.717) is 5.15 Å². The number of thioether (sulfide) groups is 1. The molecular formula is C13H22ClN3S. The van der Waals surface area contributed by atoms with Crippen LogP contribution >= 0.6 is 23.4 Å². The molecule has 2 N–H and O–H groups in total. The van der Waals surface area contributed by atoms with Crippen LogP contribution in [0.1, 0.15) is 37.7 Å². The number of nitrogens with zero attached hydrogens (tertiary/aromatic N) is 1. The van der Waals surface area contributed by atoms with Crippen molar-refractivity contribution in [3.63, 3.8) is 0 Å². The van der Waals surface area contributed by atoms with Crippen LogP contribution in [0.15, 0.2) is 0 Å². The molecule has 1 saturated heterocycles. The molecule has 0 spiro atoms. The van der Waals surface area contributed by atoms with Crippen molar-refractivity contribution >= 4 is 23.4 Å². The fourth-order valence-electron chi connectivity index (χ4n) is 2.17. The van der Waals surface area contributed by atoms with Gasteiger partial charge in [0.05, 0.1) is 5.69 Å². The Hall–Kier alpha value is -0.190. The third-order valence-corrected chi connectivity index (χ3v) is 4.85. The standard InChI is InChI=1S/C13H22ClN3S/c1-2-3-4-12-16-11(13(14)17-12)8-15-7-10-5-6-18-9-10/h10,15H,2-9H2,1H3,(H,16,17). The van der Waals surface area contributed by atoms with Crippen LogP contribution in [-0.2, 0) is 13.0 Å². The van der Waals surface area contributed by atoms with E-state index in [1.54, 1.807) is 0 Å². The molecule has 1 aliphatic heterocycles. The molecule has 0 radical (unpaired) electrons. The quantitative estimate of drug-likeness (QED) is 0.809. The minimum absolute atomic E-state index is 0.634. The molecule has 1 unspecified atom stereocenters. The molecule has 0 bridgehead atoms. The number of hydrogen-bond donors (Lipinski definition) is 2. The molecule has 2 rings (SSSR count). The molecule has 1 atom stereocenters. The number of imidazole rings is 1.